The van der Waals surface area contributed by atoms with E-state index in [1.807, 2.05) is 0 Å². The van der Waals surface area contributed by atoms with Gasteiger partial charge in [-0.15, -0.1) is 0 Å². The molecule has 11 nitrogen and oxygen atoms in total. The van der Waals surface area contributed by atoms with Crippen molar-refractivity contribution >= 4 is 23.4 Å². The van der Waals surface area contributed by atoms with Gasteiger partial charge in [0.25, 0.3) is 5.69 Å². The summed E-state index contributed by atoms with van der Waals surface area (Å²) in [7, 11) is 1.15. The van der Waals surface area contributed by atoms with Crippen molar-refractivity contribution in [2.45, 2.75) is 6.04 Å². The molecule has 12 heteroatoms. The predicted octanol–water partition coefficient (Wildman–Crippen LogP) is 2.05. The number of nitro benzene ring substituents is 1. The lowest BCUT2D eigenvalue weighted by atomic mass is 9.89. The molecule has 3 aromatic rings. The number of nitrogens with one attached hydrogen (secondary N) is 1. The molecule has 0 bridgehead atoms. The van der Waals surface area contributed by atoms with Crippen molar-refractivity contribution in [1.82, 2.24) is 20.2 Å². The molecule has 0 radical (unpaired) electrons. The number of methoxy groups -OCH3 is 1. The number of non-ortho nitro benzene ring substituents is 1. The number of tetrazole rings is 1. The largest absolute Gasteiger partial charge is 0.464 e. The number of nitrogens with zero attached hydrogens (tertiary/aromatic N) is 5. The van der Waals surface area contributed by atoms with Crippen LogP contribution in [0.2, 0.25) is 0 Å². The number of hydrogen-bond donors (Lipinski definition) is 1. The Labute approximate surface area is 173 Å². The number of anilines is 1. The number of rotatable bonds is 5. The first-order valence-corrected chi connectivity index (χ1v) is 8.82. The van der Waals surface area contributed by atoms with Gasteiger partial charge in [0, 0.05) is 17.7 Å². The van der Waals surface area contributed by atoms with Crippen molar-refractivity contribution in [3.63, 3.8) is 0 Å². The smallest absolute Gasteiger partial charge is 0.355 e. The fourth-order valence-corrected chi connectivity index (χ4v) is 3.23. The molecule has 0 fully saturated rings. The van der Waals surface area contributed by atoms with Crippen molar-refractivity contribution in [3.8, 4) is 0 Å². The van der Waals surface area contributed by atoms with E-state index in [-0.39, 0.29) is 28.5 Å². The molecule has 0 aliphatic carbocycles. The first-order chi connectivity index (χ1) is 14.9. The highest BCUT2D eigenvalue weighted by atomic mass is 19.1. The molecule has 0 spiro atoms. The second-order valence-corrected chi connectivity index (χ2v) is 6.44. The van der Waals surface area contributed by atoms with Gasteiger partial charge in [-0.25, -0.2) is 9.18 Å². The number of aromatic nitrogens is 4. The minimum atomic E-state index is -0.983. The summed E-state index contributed by atoms with van der Waals surface area (Å²) in [6, 6.07) is 9.21. The fraction of sp³-hybridized carbons (Fsp3) is 0.105. The van der Waals surface area contributed by atoms with E-state index in [1.54, 1.807) is 0 Å². The van der Waals surface area contributed by atoms with Crippen LogP contribution in [-0.2, 0) is 9.53 Å². The number of ketones is 1. The number of hydrogen-bond acceptors (Lipinski definition) is 9. The molecule has 4 rings (SSSR count). The topological polar surface area (TPSA) is 142 Å². The number of Topliss-reactive ketones (excluding diaryl/α,β-unsaturated/α-hetero) is 1. The lowest BCUT2D eigenvalue weighted by molar-refractivity contribution is -0.384. The quantitative estimate of drug-likeness (QED) is 0.282. The maximum absolute atomic E-state index is 13.5. The first kappa shape index (κ1) is 19.8. The molecule has 1 aliphatic rings. The molecule has 0 saturated heterocycles. The zero-order valence-electron chi connectivity index (χ0n) is 15.9. The maximum Gasteiger partial charge on any atom is 0.355 e. The molecule has 31 heavy (non-hydrogen) atoms. The molecule has 0 saturated carbocycles. The number of nitro groups is 1. The van der Waals surface area contributed by atoms with E-state index in [0.717, 1.165) is 7.11 Å². The van der Waals surface area contributed by atoms with Crippen molar-refractivity contribution < 1.29 is 23.6 Å². The summed E-state index contributed by atoms with van der Waals surface area (Å²) >= 11 is 0. The molecule has 0 amide bonds. The van der Waals surface area contributed by atoms with Crippen LogP contribution < -0.4 is 5.32 Å². The van der Waals surface area contributed by atoms with E-state index in [1.165, 1.54) is 53.2 Å². The number of ether oxygens (including phenoxy) is 1. The molecule has 1 N–H and O–H groups in total. The van der Waals surface area contributed by atoms with Crippen LogP contribution in [0.5, 0.6) is 0 Å². The fourth-order valence-electron chi connectivity index (χ4n) is 3.23. The molecule has 2 heterocycles. The monoisotopic (exact) mass is 424 g/mol. The molecule has 0 unspecified atom stereocenters. The Kier molecular flexibility index (Phi) is 4.95. The first-order valence-electron chi connectivity index (χ1n) is 8.82. The van der Waals surface area contributed by atoms with Crippen molar-refractivity contribution in [3.05, 3.63) is 86.9 Å². The van der Waals surface area contributed by atoms with Gasteiger partial charge in [0.1, 0.15) is 17.6 Å². The van der Waals surface area contributed by atoms with Crippen molar-refractivity contribution in [2.24, 2.45) is 0 Å². The van der Waals surface area contributed by atoms with Crippen LogP contribution >= 0.6 is 0 Å². The van der Waals surface area contributed by atoms with Crippen molar-refractivity contribution in [1.29, 1.82) is 0 Å². The molecular formula is C19H13FN6O5. The van der Waals surface area contributed by atoms with Crippen LogP contribution in [0.15, 0.2) is 59.8 Å². The normalized spacial score (nSPS) is 15.1. The van der Waals surface area contributed by atoms with E-state index in [2.05, 4.69) is 20.8 Å². The Hall–Kier alpha value is -4.48. The number of benzene rings is 2. The highest BCUT2D eigenvalue weighted by molar-refractivity contribution is 6.15. The summed E-state index contributed by atoms with van der Waals surface area (Å²) in [6.07, 6.45) is 0. The number of carbonyl (C=O) groups excluding carboxylic acids is 2. The minimum absolute atomic E-state index is 0.0629. The Balaban J connectivity index is 1.90. The van der Waals surface area contributed by atoms with Gasteiger partial charge in [0.05, 0.1) is 17.6 Å². The van der Waals surface area contributed by atoms with Crippen LogP contribution in [0, 0.1) is 15.9 Å². The van der Waals surface area contributed by atoms with Crippen LogP contribution in [0.1, 0.15) is 22.0 Å². The molecular weight excluding hydrogens is 411 g/mol. The highest BCUT2D eigenvalue weighted by Gasteiger charge is 2.38. The lowest BCUT2D eigenvalue weighted by Gasteiger charge is -2.28. The Bertz CT molecular complexity index is 1220. The highest BCUT2D eigenvalue weighted by Crippen LogP contribution is 2.36. The summed E-state index contributed by atoms with van der Waals surface area (Å²) in [5, 5.41) is 24.9. The molecule has 1 atom stereocenters. The van der Waals surface area contributed by atoms with Gasteiger partial charge in [0.15, 0.2) is 5.78 Å². The lowest BCUT2D eigenvalue weighted by Crippen LogP contribution is -2.33. The van der Waals surface area contributed by atoms with Gasteiger partial charge < -0.3 is 10.1 Å². The third-order valence-corrected chi connectivity index (χ3v) is 4.68. The van der Waals surface area contributed by atoms with E-state index < -0.39 is 28.5 Å². The second kappa shape index (κ2) is 7.74. The molecule has 1 aromatic heterocycles. The third-order valence-electron chi connectivity index (χ3n) is 4.68. The zero-order chi connectivity index (χ0) is 22.1. The summed E-state index contributed by atoms with van der Waals surface area (Å²) in [6.45, 7) is 0. The van der Waals surface area contributed by atoms with Crippen molar-refractivity contribution in [2.75, 3.05) is 12.4 Å². The molecule has 1 aliphatic heterocycles. The van der Waals surface area contributed by atoms with Crippen LogP contribution in [0.4, 0.5) is 16.0 Å². The number of fused-ring (bicyclic) bond motifs is 1. The van der Waals surface area contributed by atoms with Gasteiger partial charge in [-0.3, -0.25) is 14.9 Å². The Morgan fingerprint density at radius 1 is 1.16 bits per heavy atom. The molecule has 156 valence electrons. The Morgan fingerprint density at radius 3 is 2.45 bits per heavy atom. The summed E-state index contributed by atoms with van der Waals surface area (Å²) < 4.78 is 19.6. The predicted molar refractivity (Wildman–Crippen MR) is 102 cm³/mol. The average Bonchev–Trinajstić information content (AvgIpc) is 3.26. The van der Waals surface area contributed by atoms with E-state index in [4.69, 9.17) is 4.74 Å². The Morgan fingerprint density at radius 2 is 1.84 bits per heavy atom. The SMILES string of the molecule is COC(=O)C1=C(C(=O)c2ccc([N+](=O)[O-])cc2)[C@H](c2ccc(F)cc2)n2nnnc2N1. The maximum atomic E-state index is 13.5. The third kappa shape index (κ3) is 3.50. The summed E-state index contributed by atoms with van der Waals surface area (Å²) in [5.74, 6) is -1.87. The van der Waals surface area contributed by atoms with Gasteiger partial charge in [0.2, 0.25) is 5.95 Å². The average molecular weight is 424 g/mol. The minimum Gasteiger partial charge on any atom is -0.464 e. The van der Waals surface area contributed by atoms with E-state index in [0.29, 0.717) is 5.56 Å². The standard InChI is InChI=1S/C19H13FN6O5/c1-31-18(28)15-14(17(27)11-4-8-13(9-5-11)26(29)30)16(10-2-6-12(20)7-3-10)25-19(21-15)22-23-24-25/h2-9,16H,1H3,(H,21,22,24)/t16-/m0/s1. The number of halogens is 1. The van der Waals surface area contributed by atoms with Crippen LogP contribution in [0.25, 0.3) is 0 Å². The van der Waals surface area contributed by atoms with Gasteiger partial charge in [-0.2, -0.15) is 4.68 Å². The molecule has 2 aromatic carbocycles. The zero-order valence-corrected chi connectivity index (χ0v) is 15.9. The van der Waals surface area contributed by atoms with Gasteiger partial charge in [-0.05, 0) is 40.3 Å². The van der Waals surface area contributed by atoms with Gasteiger partial charge >= 0.3 is 5.97 Å². The van der Waals surface area contributed by atoms with E-state index >= 15 is 0 Å². The van der Waals surface area contributed by atoms with Crippen LogP contribution in [0.3, 0.4) is 0 Å². The number of esters is 1. The number of carbonyl (C=O) groups is 2. The second-order valence-electron chi connectivity index (χ2n) is 6.44. The number of allylic oxidation sites excluding steroid dienone is 1. The summed E-state index contributed by atoms with van der Waals surface area (Å²) in [4.78, 5) is 36.3. The van der Waals surface area contributed by atoms with E-state index in [9.17, 15) is 24.1 Å². The summed E-state index contributed by atoms with van der Waals surface area (Å²) in [5.41, 5.74) is 0.0727. The van der Waals surface area contributed by atoms with Gasteiger partial charge in [-0.1, -0.05) is 17.2 Å². The van der Waals surface area contributed by atoms with Crippen LogP contribution in [-0.4, -0.2) is 44.0 Å².